The van der Waals surface area contributed by atoms with Crippen molar-refractivity contribution in [3.8, 4) is 0 Å². The zero-order valence-electron chi connectivity index (χ0n) is 9.23. The van der Waals surface area contributed by atoms with Gasteiger partial charge in [0.2, 0.25) is 5.95 Å². The summed E-state index contributed by atoms with van der Waals surface area (Å²) >= 11 is 0. The zero-order valence-corrected chi connectivity index (χ0v) is 9.23. The van der Waals surface area contributed by atoms with Gasteiger partial charge in [-0.15, -0.1) is 0 Å². The van der Waals surface area contributed by atoms with Gasteiger partial charge in [0.05, 0.1) is 12.5 Å². The molecule has 0 amide bonds. The maximum absolute atomic E-state index is 4.40. The van der Waals surface area contributed by atoms with E-state index in [2.05, 4.69) is 38.7 Å². The van der Waals surface area contributed by atoms with Gasteiger partial charge in [-0.2, -0.15) is 4.98 Å². The van der Waals surface area contributed by atoms with E-state index in [-0.39, 0.29) is 0 Å². The topological polar surface area (TPSA) is 55.6 Å². The highest BCUT2D eigenvalue weighted by molar-refractivity contribution is 5.70. The molecule has 0 aliphatic rings. The number of nitrogens with zero attached hydrogens (tertiary/aromatic N) is 4. The Hall–Kier alpha value is -1.65. The molecule has 2 rings (SSSR count). The Morgan fingerprint density at radius 2 is 2.27 bits per heavy atom. The van der Waals surface area contributed by atoms with E-state index in [1.807, 2.05) is 13.4 Å². The minimum Gasteiger partial charge on any atom is -0.357 e. The van der Waals surface area contributed by atoms with Crippen LogP contribution in [0.1, 0.15) is 26.3 Å². The average molecular weight is 205 g/mol. The Morgan fingerprint density at radius 3 is 2.93 bits per heavy atom. The summed E-state index contributed by atoms with van der Waals surface area (Å²) in [5.74, 6) is 0.632. The molecule has 0 aliphatic heterocycles. The van der Waals surface area contributed by atoms with E-state index < -0.39 is 0 Å². The molecule has 2 heterocycles. The highest BCUT2D eigenvalue weighted by atomic mass is 15.2. The Bertz CT molecular complexity index is 462. The third-order valence-corrected chi connectivity index (χ3v) is 2.61. The molecule has 5 heteroatoms. The summed E-state index contributed by atoms with van der Waals surface area (Å²) in [6.45, 7) is 4.30. The zero-order chi connectivity index (χ0) is 10.8. The van der Waals surface area contributed by atoms with Crippen molar-refractivity contribution in [1.82, 2.24) is 19.5 Å². The molecule has 15 heavy (non-hydrogen) atoms. The van der Waals surface area contributed by atoms with Crippen LogP contribution in [0.4, 0.5) is 5.95 Å². The lowest BCUT2D eigenvalue weighted by atomic mass is 10.2. The molecule has 0 spiro atoms. The molecule has 0 saturated carbocycles. The average Bonchev–Trinajstić information content (AvgIpc) is 2.70. The van der Waals surface area contributed by atoms with Crippen molar-refractivity contribution in [2.24, 2.45) is 0 Å². The van der Waals surface area contributed by atoms with Crippen molar-refractivity contribution in [2.75, 3.05) is 12.4 Å². The fraction of sp³-hybridized carbons (Fsp3) is 0.500. The van der Waals surface area contributed by atoms with E-state index in [9.17, 15) is 0 Å². The van der Waals surface area contributed by atoms with Crippen LogP contribution in [0.25, 0.3) is 11.2 Å². The van der Waals surface area contributed by atoms with Gasteiger partial charge in [0.15, 0.2) is 5.65 Å². The lowest BCUT2D eigenvalue weighted by molar-refractivity contribution is 0.541. The molecular weight excluding hydrogens is 190 g/mol. The second-order valence-electron chi connectivity index (χ2n) is 3.56. The van der Waals surface area contributed by atoms with E-state index in [4.69, 9.17) is 0 Å². The van der Waals surface area contributed by atoms with Crippen LogP contribution in [-0.4, -0.2) is 26.6 Å². The first kappa shape index (κ1) is 9.89. The quantitative estimate of drug-likeness (QED) is 0.830. The number of imidazole rings is 1. The Balaban J connectivity index is 2.56. The van der Waals surface area contributed by atoms with Crippen molar-refractivity contribution in [1.29, 1.82) is 0 Å². The van der Waals surface area contributed by atoms with Crippen molar-refractivity contribution < 1.29 is 0 Å². The van der Waals surface area contributed by atoms with Gasteiger partial charge in [0.1, 0.15) is 5.52 Å². The van der Waals surface area contributed by atoms with E-state index >= 15 is 0 Å². The van der Waals surface area contributed by atoms with Crippen LogP contribution in [0.5, 0.6) is 0 Å². The van der Waals surface area contributed by atoms with Crippen LogP contribution in [-0.2, 0) is 0 Å². The first-order valence-electron chi connectivity index (χ1n) is 5.13. The normalized spacial score (nSPS) is 13.0. The highest BCUT2D eigenvalue weighted by Crippen LogP contribution is 2.17. The van der Waals surface area contributed by atoms with Crippen LogP contribution in [0.3, 0.4) is 0 Å². The van der Waals surface area contributed by atoms with Gasteiger partial charge >= 0.3 is 0 Å². The molecular formula is C10H15N5. The lowest BCUT2D eigenvalue weighted by Crippen LogP contribution is -2.04. The lowest BCUT2D eigenvalue weighted by Gasteiger charge is -2.10. The van der Waals surface area contributed by atoms with Crippen molar-refractivity contribution in [2.45, 2.75) is 26.3 Å². The van der Waals surface area contributed by atoms with Crippen molar-refractivity contribution in [3.05, 3.63) is 12.5 Å². The molecule has 1 N–H and O–H groups in total. The smallest absolute Gasteiger partial charge is 0.224 e. The molecule has 2 aromatic heterocycles. The summed E-state index contributed by atoms with van der Waals surface area (Å²) in [7, 11) is 1.81. The Labute approximate surface area is 88.6 Å². The summed E-state index contributed by atoms with van der Waals surface area (Å²) < 4.78 is 2.08. The SMILES string of the molecule is CCC(C)n1cnc2cnc(NC)nc21. The third-order valence-electron chi connectivity index (χ3n) is 2.61. The number of hydrogen-bond acceptors (Lipinski definition) is 4. The molecule has 0 radical (unpaired) electrons. The molecule has 0 aromatic carbocycles. The molecule has 80 valence electrons. The summed E-state index contributed by atoms with van der Waals surface area (Å²) in [4.78, 5) is 12.8. The summed E-state index contributed by atoms with van der Waals surface area (Å²) in [5, 5.41) is 2.93. The predicted octanol–water partition coefficient (Wildman–Crippen LogP) is 1.84. The number of fused-ring (bicyclic) bond motifs is 1. The van der Waals surface area contributed by atoms with Gasteiger partial charge in [-0.05, 0) is 13.3 Å². The Kier molecular flexibility index (Phi) is 2.53. The van der Waals surface area contributed by atoms with E-state index in [0.29, 0.717) is 12.0 Å². The molecule has 5 nitrogen and oxygen atoms in total. The number of aromatic nitrogens is 4. The number of hydrogen-bond donors (Lipinski definition) is 1. The fourth-order valence-electron chi connectivity index (χ4n) is 1.47. The summed E-state index contributed by atoms with van der Waals surface area (Å²) in [6, 6.07) is 0.412. The molecule has 0 fully saturated rings. The molecule has 0 saturated heterocycles. The van der Waals surface area contributed by atoms with Gasteiger partial charge in [-0.25, -0.2) is 9.97 Å². The molecule has 2 aromatic rings. The summed E-state index contributed by atoms with van der Waals surface area (Å²) in [6.07, 6.45) is 4.63. The third kappa shape index (κ3) is 1.65. The van der Waals surface area contributed by atoms with Gasteiger partial charge < -0.3 is 9.88 Å². The minimum absolute atomic E-state index is 0.412. The fourth-order valence-corrected chi connectivity index (χ4v) is 1.47. The van der Waals surface area contributed by atoms with Crippen LogP contribution in [0.15, 0.2) is 12.5 Å². The number of nitrogens with one attached hydrogen (secondary N) is 1. The van der Waals surface area contributed by atoms with E-state index in [1.54, 1.807) is 6.20 Å². The minimum atomic E-state index is 0.412. The van der Waals surface area contributed by atoms with E-state index in [0.717, 1.165) is 17.6 Å². The van der Waals surface area contributed by atoms with E-state index in [1.165, 1.54) is 0 Å². The molecule has 0 bridgehead atoms. The summed E-state index contributed by atoms with van der Waals surface area (Å²) in [5.41, 5.74) is 1.73. The van der Waals surface area contributed by atoms with Gasteiger partial charge in [-0.3, -0.25) is 0 Å². The van der Waals surface area contributed by atoms with Crippen molar-refractivity contribution in [3.63, 3.8) is 0 Å². The highest BCUT2D eigenvalue weighted by Gasteiger charge is 2.09. The van der Waals surface area contributed by atoms with Crippen LogP contribution >= 0.6 is 0 Å². The van der Waals surface area contributed by atoms with Crippen molar-refractivity contribution >= 4 is 17.1 Å². The molecule has 0 aliphatic carbocycles. The Morgan fingerprint density at radius 1 is 1.47 bits per heavy atom. The van der Waals surface area contributed by atoms with Gasteiger partial charge in [-0.1, -0.05) is 6.92 Å². The van der Waals surface area contributed by atoms with Crippen LogP contribution < -0.4 is 5.32 Å². The number of rotatable bonds is 3. The first-order chi connectivity index (χ1) is 7.26. The standard InChI is InChI=1S/C10H15N5/c1-4-7(2)15-6-13-8-5-12-10(11-3)14-9(8)15/h5-7H,4H2,1-3H3,(H,11,12,14). The molecule has 1 unspecified atom stereocenters. The largest absolute Gasteiger partial charge is 0.357 e. The van der Waals surface area contributed by atoms with Gasteiger partial charge in [0.25, 0.3) is 0 Å². The van der Waals surface area contributed by atoms with Crippen LogP contribution in [0, 0.1) is 0 Å². The number of anilines is 1. The first-order valence-corrected chi connectivity index (χ1v) is 5.13. The van der Waals surface area contributed by atoms with Crippen LogP contribution in [0.2, 0.25) is 0 Å². The van der Waals surface area contributed by atoms with Gasteiger partial charge in [0, 0.05) is 13.1 Å². The molecule has 1 atom stereocenters. The monoisotopic (exact) mass is 205 g/mol. The second-order valence-corrected chi connectivity index (χ2v) is 3.56. The maximum atomic E-state index is 4.40. The predicted molar refractivity (Wildman–Crippen MR) is 59.9 cm³/mol. The second kappa shape index (κ2) is 3.84. The maximum Gasteiger partial charge on any atom is 0.224 e.